The van der Waals surface area contributed by atoms with Gasteiger partial charge >= 0.3 is 0 Å². The lowest BCUT2D eigenvalue weighted by molar-refractivity contribution is 0.399. The molecule has 0 N–H and O–H groups in total. The Bertz CT molecular complexity index is 7610. The topological polar surface area (TPSA) is 42.7 Å². The zero-order valence-electron chi connectivity index (χ0n) is 76.0. The van der Waals surface area contributed by atoms with Gasteiger partial charge in [-0.25, -0.2) is 0 Å². The van der Waals surface area contributed by atoms with Crippen molar-refractivity contribution in [2.45, 2.75) is 212 Å². The molecule has 0 atom stereocenters. The Labute approximate surface area is 746 Å². The molecule has 15 aromatic carbocycles. The van der Waals surface area contributed by atoms with Gasteiger partial charge in [0, 0.05) is 104 Å². The molecule has 0 unspecified atom stereocenters. The molecular formula is C123H109NO3. The number of hydrogen-bond acceptors (Lipinski definition) is 4. The second-order valence-corrected chi connectivity index (χ2v) is 41.9. The number of fused-ring (bicyclic) bond motifs is 37. The SMILES string of the molecule is CCCCCCCC1(CCCCCCC)c2ccccc2-c2ccc(-c3ccc4c(c3)C(C)(C)c3cc(-c5cc6c(c7c5oc5ccccc57)-c5ccc(N(c7ccc8c(c7)C(C)(C)c7c9c(c%10oc%11ccccc%11c%10c7-8)-c7ccccc7C9(C)C)c7ccc8c(c7)C(C)(C)c7c9c(c%10oc%11ccccc%11c%10c7-8)-c7ccccc7C9(C)C)cc5C6(C)C)ccc3-4)cc21. The van der Waals surface area contributed by atoms with Crippen LogP contribution in [0.1, 0.15) is 252 Å². The van der Waals surface area contributed by atoms with Crippen LogP contribution in [0.4, 0.5) is 17.1 Å². The van der Waals surface area contributed by atoms with E-state index in [1.165, 1.54) is 255 Å². The second-order valence-electron chi connectivity index (χ2n) is 41.9. The first-order valence-corrected chi connectivity index (χ1v) is 47.5. The molecular weight excluding hydrogens is 1540 g/mol. The van der Waals surface area contributed by atoms with E-state index in [0.717, 1.165) is 72.3 Å². The first-order chi connectivity index (χ1) is 61.5. The summed E-state index contributed by atoms with van der Waals surface area (Å²) >= 11 is 0. The summed E-state index contributed by atoms with van der Waals surface area (Å²) < 4.78 is 21.8. The maximum atomic E-state index is 7.38. The average Bonchev–Trinajstić information content (AvgIpc) is 1.50. The van der Waals surface area contributed by atoms with Crippen LogP contribution < -0.4 is 4.90 Å². The van der Waals surface area contributed by atoms with Gasteiger partial charge in [-0.15, -0.1) is 0 Å². The van der Waals surface area contributed by atoms with Crippen molar-refractivity contribution in [2.24, 2.45) is 0 Å². The first kappa shape index (κ1) is 76.9. The number of nitrogens with zero attached hydrogens (tertiary/aromatic N) is 1. The molecule has 18 aromatic rings. The fourth-order valence-electron chi connectivity index (χ4n) is 26.6. The van der Waals surface area contributed by atoms with Crippen LogP contribution in [0.2, 0.25) is 0 Å². The molecule has 0 bridgehead atoms. The quantitative estimate of drug-likeness (QED) is 0.0852. The molecule has 0 saturated heterocycles. The normalized spacial score (nSPS) is 16.5. The zero-order valence-corrected chi connectivity index (χ0v) is 76.0. The minimum Gasteiger partial charge on any atom is -0.455 e. The Morgan fingerprint density at radius 3 is 1.03 bits per heavy atom. The predicted molar refractivity (Wildman–Crippen MR) is 532 cm³/mol. The van der Waals surface area contributed by atoms with Crippen LogP contribution in [0, 0.1) is 0 Å². The van der Waals surface area contributed by atoms with Crippen molar-refractivity contribution >= 4 is 82.9 Å². The minimum absolute atomic E-state index is 0.0137. The van der Waals surface area contributed by atoms with Crippen LogP contribution in [-0.2, 0) is 37.9 Å². The molecule has 4 nitrogen and oxygen atoms in total. The maximum Gasteiger partial charge on any atom is 0.144 e. The van der Waals surface area contributed by atoms with E-state index in [4.69, 9.17) is 13.3 Å². The van der Waals surface area contributed by atoms with Crippen LogP contribution in [0.15, 0.2) is 274 Å². The fourth-order valence-corrected chi connectivity index (χ4v) is 26.6. The summed E-state index contributed by atoms with van der Waals surface area (Å²) in [6.45, 7) is 34.3. The third-order valence-corrected chi connectivity index (χ3v) is 32.8. The summed E-state index contributed by atoms with van der Waals surface area (Å²) in [5.41, 5.74) is 49.2. The number of para-hydroxylation sites is 3. The Kier molecular flexibility index (Phi) is 16.2. The molecule has 0 spiro atoms. The van der Waals surface area contributed by atoms with Crippen molar-refractivity contribution in [3.8, 4) is 100 Å². The van der Waals surface area contributed by atoms with Crippen LogP contribution in [0.3, 0.4) is 0 Å². The summed E-state index contributed by atoms with van der Waals surface area (Å²) in [5.74, 6) is 0. The van der Waals surface area contributed by atoms with E-state index in [-0.39, 0.29) is 21.7 Å². The molecule has 127 heavy (non-hydrogen) atoms. The Hall–Kier alpha value is -12.5. The van der Waals surface area contributed by atoms with E-state index in [2.05, 4.69) is 363 Å². The van der Waals surface area contributed by atoms with E-state index in [0.29, 0.717) is 0 Å². The van der Waals surface area contributed by atoms with E-state index in [9.17, 15) is 0 Å². The Morgan fingerprint density at radius 1 is 0.228 bits per heavy atom. The van der Waals surface area contributed by atoms with Gasteiger partial charge in [0.25, 0.3) is 0 Å². The number of furan rings is 3. The van der Waals surface area contributed by atoms with Gasteiger partial charge in [-0.05, 0) is 253 Å². The standard InChI is InChI=1S/C123H109NO3/c1-15-17-19-21-35-61-123(62-36-22-20-18-16-2)91-45-31-23-37-76(91)79-56-50-71(64-97(79)123)70-49-55-77-78-57-51-72(65-93(78)117(3,4)92(77)63-70)88-69-98-102(105-85-40-26-32-46-99(85)125-114(88)105)82-58-52-73(66-94(82)118(98,5)6)124(74-53-59-83-95(67-74)121(11,12)110-103(83)106-86-41-27-33-47-100(86)126-115(106)108-80-38-24-29-43-89(80)119(7,8)112(108)110)75-54-60-84-96(68-75)122(13,14)111-104(84)107-87-42-28-34-48-101(87)127-116(107)109-81-39-25-30-44-90(81)120(9,10)113(109)111/h23-34,37-60,63-69H,15-22,35-36,61-62H2,1-14H3. The highest BCUT2D eigenvalue weighted by atomic mass is 16.3. The molecule has 25 rings (SSSR count). The van der Waals surface area contributed by atoms with Gasteiger partial charge in [0.2, 0.25) is 0 Å². The van der Waals surface area contributed by atoms with Gasteiger partial charge in [0.05, 0.1) is 0 Å². The van der Waals surface area contributed by atoms with Crippen molar-refractivity contribution in [2.75, 3.05) is 4.90 Å². The predicted octanol–water partition coefficient (Wildman–Crippen LogP) is 35.0. The Balaban J connectivity index is 0.636. The molecule has 3 heterocycles. The zero-order chi connectivity index (χ0) is 86.2. The summed E-state index contributed by atoms with van der Waals surface area (Å²) in [5, 5.41) is 7.05. The third kappa shape index (κ3) is 10.2. The van der Waals surface area contributed by atoms with Crippen LogP contribution in [0.5, 0.6) is 0 Å². The highest BCUT2D eigenvalue weighted by Crippen LogP contribution is 2.68. The molecule has 4 heteroatoms. The number of benzene rings is 15. The van der Waals surface area contributed by atoms with Gasteiger partial charge in [0.15, 0.2) is 0 Å². The summed E-state index contributed by atoms with van der Waals surface area (Å²) in [4.78, 5) is 2.61. The van der Waals surface area contributed by atoms with E-state index < -0.39 is 16.2 Å². The number of hydrogen-bond donors (Lipinski definition) is 0. The monoisotopic (exact) mass is 1650 g/mol. The van der Waals surface area contributed by atoms with E-state index in [1.807, 2.05) is 0 Å². The molecule has 0 aliphatic heterocycles. The smallest absolute Gasteiger partial charge is 0.144 e. The number of unbranched alkanes of at least 4 members (excludes halogenated alkanes) is 8. The highest BCUT2D eigenvalue weighted by Gasteiger charge is 2.53. The average molecular weight is 1650 g/mol. The number of rotatable bonds is 17. The molecule has 624 valence electrons. The molecule has 7 aliphatic rings. The van der Waals surface area contributed by atoms with Crippen molar-refractivity contribution in [3.05, 3.63) is 339 Å². The summed E-state index contributed by atoms with van der Waals surface area (Å²) in [6, 6.07) is 101. The van der Waals surface area contributed by atoms with Crippen molar-refractivity contribution in [3.63, 3.8) is 0 Å². The second kappa shape index (κ2) is 26.8. The van der Waals surface area contributed by atoms with Crippen molar-refractivity contribution < 1.29 is 13.3 Å². The van der Waals surface area contributed by atoms with Crippen molar-refractivity contribution in [1.29, 1.82) is 0 Å². The van der Waals surface area contributed by atoms with Crippen LogP contribution in [-0.4, -0.2) is 0 Å². The molecule has 0 saturated carbocycles. The minimum atomic E-state index is -0.463. The molecule has 7 aliphatic carbocycles. The van der Waals surface area contributed by atoms with Gasteiger partial charge < -0.3 is 18.2 Å². The van der Waals surface area contributed by atoms with Crippen LogP contribution >= 0.6 is 0 Å². The van der Waals surface area contributed by atoms with Crippen molar-refractivity contribution in [1.82, 2.24) is 0 Å². The maximum absolute atomic E-state index is 7.38. The van der Waals surface area contributed by atoms with E-state index >= 15 is 0 Å². The third-order valence-electron chi connectivity index (χ3n) is 32.8. The van der Waals surface area contributed by atoms with Gasteiger partial charge in [0.1, 0.15) is 33.5 Å². The largest absolute Gasteiger partial charge is 0.455 e. The van der Waals surface area contributed by atoms with E-state index in [1.54, 1.807) is 11.1 Å². The molecule has 0 radical (unpaired) electrons. The molecule has 3 aromatic heterocycles. The van der Waals surface area contributed by atoms with Gasteiger partial charge in [-0.1, -0.05) is 343 Å². The van der Waals surface area contributed by atoms with Gasteiger partial charge in [-0.2, -0.15) is 0 Å². The lowest BCUT2D eigenvalue weighted by Gasteiger charge is -2.33. The van der Waals surface area contributed by atoms with Crippen LogP contribution in [0.25, 0.3) is 166 Å². The molecule has 0 fully saturated rings. The van der Waals surface area contributed by atoms with Gasteiger partial charge in [-0.3, -0.25) is 0 Å². The lowest BCUT2D eigenvalue weighted by atomic mass is 9.70. The number of anilines is 3. The molecule has 0 amide bonds. The fraction of sp³-hybridized carbons (Fsp3) is 0.268. The lowest BCUT2D eigenvalue weighted by Crippen LogP contribution is -2.25. The summed E-state index contributed by atoms with van der Waals surface area (Å²) in [6.07, 6.45) is 15.3. The Morgan fingerprint density at radius 2 is 0.551 bits per heavy atom. The highest BCUT2D eigenvalue weighted by molar-refractivity contribution is 6.24. The summed E-state index contributed by atoms with van der Waals surface area (Å²) in [7, 11) is 0. The first-order valence-electron chi connectivity index (χ1n) is 47.5.